The van der Waals surface area contributed by atoms with E-state index in [1.807, 2.05) is 42.3 Å². The second kappa shape index (κ2) is 5.58. The van der Waals surface area contributed by atoms with E-state index in [0.29, 0.717) is 6.54 Å². The van der Waals surface area contributed by atoms with Gasteiger partial charge >= 0.3 is 0 Å². The lowest BCUT2D eigenvalue weighted by Crippen LogP contribution is -2.30. The van der Waals surface area contributed by atoms with Crippen molar-refractivity contribution in [3.63, 3.8) is 0 Å². The first kappa shape index (κ1) is 13.6. The molecule has 3 rings (SSSR count). The molecule has 108 valence electrons. The molecule has 1 aromatic heterocycles. The third kappa shape index (κ3) is 2.62. The third-order valence-electron chi connectivity index (χ3n) is 3.70. The molecule has 0 aliphatic carbocycles. The summed E-state index contributed by atoms with van der Waals surface area (Å²) in [5, 5.41) is 1.05. The van der Waals surface area contributed by atoms with E-state index < -0.39 is 0 Å². The summed E-state index contributed by atoms with van der Waals surface area (Å²) < 4.78 is 18.9. The van der Waals surface area contributed by atoms with Crippen LogP contribution in [0.2, 0.25) is 0 Å². The van der Waals surface area contributed by atoms with Gasteiger partial charge in [0.15, 0.2) is 0 Å². The van der Waals surface area contributed by atoms with E-state index in [1.54, 1.807) is 12.1 Å². The van der Waals surface area contributed by atoms with Crippen molar-refractivity contribution in [1.82, 2.24) is 0 Å². The maximum atomic E-state index is 13.0. The van der Waals surface area contributed by atoms with Crippen LogP contribution in [0.3, 0.4) is 0 Å². The lowest BCUT2D eigenvalue weighted by molar-refractivity contribution is 0.487. The van der Waals surface area contributed by atoms with Gasteiger partial charge in [-0.25, -0.2) is 4.39 Å². The number of hydrogen-bond acceptors (Lipinski definition) is 3. The average Bonchev–Trinajstić information content (AvgIpc) is 2.92. The second-order valence-corrected chi connectivity index (χ2v) is 5.03. The van der Waals surface area contributed by atoms with Crippen molar-refractivity contribution in [2.75, 3.05) is 18.5 Å². The Bertz CT molecular complexity index is 703. The van der Waals surface area contributed by atoms with Crippen molar-refractivity contribution in [1.29, 1.82) is 0 Å². The van der Waals surface area contributed by atoms with Crippen molar-refractivity contribution in [3.05, 3.63) is 66.2 Å². The fourth-order valence-electron chi connectivity index (χ4n) is 2.49. The topological polar surface area (TPSA) is 42.4 Å². The fraction of sp³-hybridized carbons (Fsp3) is 0.176. The van der Waals surface area contributed by atoms with Crippen LogP contribution in [-0.2, 0) is 0 Å². The van der Waals surface area contributed by atoms with E-state index in [1.165, 1.54) is 12.1 Å². The molecule has 0 aliphatic rings. The zero-order valence-electron chi connectivity index (χ0n) is 11.8. The molecule has 2 N–H and O–H groups in total. The van der Waals surface area contributed by atoms with Gasteiger partial charge in [0.05, 0.1) is 6.04 Å². The van der Waals surface area contributed by atoms with E-state index in [9.17, 15) is 4.39 Å². The molecule has 21 heavy (non-hydrogen) atoms. The summed E-state index contributed by atoms with van der Waals surface area (Å²) in [5.41, 5.74) is 7.66. The molecule has 0 fully saturated rings. The highest BCUT2D eigenvalue weighted by Gasteiger charge is 2.20. The Balaban J connectivity index is 1.95. The fourth-order valence-corrected chi connectivity index (χ4v) is 2.49. The minimum absolute atomic E-state index is 0.0946. The molecular weight excluding hydrogens is 267 g/mol. The Hall–Kier alpha value is -2.33. The van der Waals surface area contributed by atoms with Crippen molar-refractivity contribution in [2.24, 2.45) is 5.73 Å². The molecule has 1 unspecified atom stereocenters. The minimum Gasteiger partial charge on any atom is -0.459 e. The highest BCUT2D eigenvalue weighted by molar-refractivity contribution is 5.78. The van der Waals surface area contributed by atoms with Crippen LogP contribution in [0.4, 0.5) is 10.1 Å². The van der Waals surface area contributed by atoms with Gasteiger partial charge in [0.1, 0.15) is 17.2 Å². The van der Waals surface area contributed by atoms with E-state index in [2.05, 4.69) is 0 Å². The standard InChI is InChI=1S/C17H17FN2O/c1-20(14-8-6-13(18)7-9-14)15(11-19)17-10-12-4-2-3-5-16(12)21-17/h2-10,15H,11,19H2,1H3. The number of anilines is 1. The monoisotopic (exact) mass is 284 g/mol. The Morgan fingerprint density at radius 1 is 1.14 bits per heavy atom. The average molecular weight is 284 g/mol. The summed E-state index contributed by atoms with van der Waals surface area (Å²) in [6.45, 7) is 0.410. The molecule has 0 bridgehead atoms. The van der Waals surface area contributed by atoms with Crippen molar-refractivity contribution < 1.29 is 8.81 Å². The normalized spacial score (nSPS) is 12.5. The van der Waals surface area contributed by atoms with Gasteiger partial charge in [-0.15, -0.1) is 0 Å². The molecule has 3 aromatic rings. The van der Waals surface area contributed by atoms with Gasteiger partial charge in [0.25, 0.3) is 0 Å². The van der Waals surface area contributed by atoms with Crippen LogP contribution in [0.25, 0.3) is 11.0 Å². The highest BCUT2D eigenvalue weighted by Crippen LogP contribution is 2.29. The molecule has 0 saturated carbocycles. The molecule has 2 aromatic carbocycles. The van der Waals surface area contributed by atoms with Crippen LogP contribution in [0.15, 0.2) is 59.0 Å². The van der Waals surface area contributed by atoms with Gasteiger partial charge < -0.3 is 15.1 Å². The van der Waals surface area contributed by atoms with E-state index in [-0.39, 0.29) is 11.9 Å². The van der Waals surface area contributed by atoms with E-state index >= 15 is 0 Å². The third-order valence-corrected chi connectivity index (χ3v) is 3.70. The van der Waals surface area contributed by atoms with Crippen LogP contribution >= 0.6 is 0 Å². The summed E-state index contributed by atoms with van der Waals surface area (Å²) in [5.74, 6) is 0.561. The van der Waals surface area contributed by atoms with Crippen LogP contribution < -0.4 is 10.6 Å². The van der Waals surface area contributed by atoms with E-state index in [0.717, 1.165) is 22.4 Å². The molecule has 0 spiro atoms. The molecule has 3 nitrogen and oxygen atoms in total. The Labute approximate surface area is 122 Å². The highest BCUT2D eigenvalue weighted by atomic mass is 19.1. The first-order valence-corrected chi connectivity index (χ1v) is 6.86. The van der Waals surface area contributed by atoms with Crippen molar-refractivity contribution in [3.8, 4) is 0 Å². The summed E-state index contributed by atoms with van der Waals surface area (Å²) in [4.78, 5) is 2.00. The molecule has 0 saturated heterocycles. The SMILES string of the molecule is CN(c1ccc(F)cc1)C(CN)c1cc2ccccc2o1. The number of fused-ring (bicyclic) bond motifs is 1. The lowest BCUT2D eigenvalue weighted by Gasteiger charge is -2.27. The molecule has 0 aliphatic heterocycles. The van der Waals surface area contributed by atoms with Gasteiger partial charge in [0, 0.05) is 24.7 Å². The van der Waals surface area contributed by atoms with E-state index in [4.69, 9.17) is 10.2 Å². The smallest absolute Gasteiger partial charge is 0.134 e. The number of hydrogen-bond donors (Lipinski definition) is 1. The van der Waals surface area contributed by atoms with Gasteiger partial charge in [0.2, 0.25) is 0 Å². The Morgan fingerprint density at radius 3 is 2.52 bits per heavy atom. The summed E-state index contributed by atoms with van der Waals surface area (Å²) >= 11 is 0. The number of para-hydroxylation sites is 1. The minimum atomic E-state index is -0.250. The second-order valence-electron chi connectivity index (χ2n) is 5.03. The first-order valence-electron chi connectivity index (χ1n) is 6.86. The first-order chi connectivity index (χ1) is 10.2. The molecule has 4 heteroatoms. The summed E-state index contributed by atoms with van der Waals surface area (Å²) in [6, 6.07) is 16.1. The van der Waals surface area contributed by atoms with Gasteiger partial charge in [-0.1, -0.05) is 18.2 Å². The number of halogens is 1. The summed E-state index contributed by atoms with van der Waals surface area (Å²) in [7, 11) is 1.93. The Morgan fingerprint density at radius 2 is 1.86 bits per heavy atom. The quantitative estimate of drug-likeness (QED) is 0.794. The molecule has 1 heterocycles. The maximum absolute atomic E-state index is 13.0. The number of nitrogens with two attached hydrogens (primary N) is 1. The van der Waals surface area contributed by atoms with Crippen LogP contribution in [0.5, 0.6) is 0 Å². The van der Waals surface area contributed by atoms with Crippen LogP contribution in [0.1, 0.15) is 11.8 Å². The van der Waals surface area contributed by atoms with Crippen molar-refractivity contribution >= 4 is 16.7 Å². The van der Waals surface area contributed by atoms with Crippen LogP contribution in [-0.4, -0.2) is 13.6 Å². The molecule has 0 radical (unpaired) electrons. The molecular formula is C17H17FN2O. The van der Waals surface area contributed by atoms with Crippen molar-refractivity contribution in [2.45, 2.75) is 6.04 Å². The van der Waals surface area contributed by atoms with Gasteiger partial charge in [-0.3, -0.25) is 0 Å². The summed E-state index contributed by atoms with van der Waals surface area (Å²) in [6.07, 6.45) is 0. The zero-order valence-corrected chi connectivity index (χ0v) is 11.8. The number of furan rings is 1. The molecule has 1 atom stereocenters. The largest absolute Gasteiger partial charge is 0.459 e. The predicted molar refractivity (Wildman–Crippen MR) is 82.8 cm³/mol. The van der Waals surface area contributed by atoms with Gasteiger partial charge in [-0.05, 0) is 36.4 Å². The van der Waals surface area contributed by atoms with Crippen LogP contribution in [0, 0.1) is 5.82 Å². The molecule has 0 amide bonds. The zero-order chi connectivity index (χ0) is 14.8. The number of benzene rings is 2. The number of rotatable bonds is 4. The Kier molecular flexibility index (Phi) is 3.62. The number of likely N-dealkylation sites (N-methyl/N-ethyl adjacent to an activating group) is 1. The number of nitrogens with zero attached hydrogens (tertiary/aromatic N) is 1. The maximum Gasteiger partial charge on any atom is 0.134 e. The lowest BCUT2D eigenvalue weighted by atomic mass is 10.1. The van der Waals surface area contributed by atoms with Gasteiger partial charge in [-0.2, -0.15) is 0 Å². The predicted octanol–water partition coefficient (Wildman–Crippen LogP) is 3.71.